The second kappa shape index (κ2) is 5.25. The first-order chi connectivity index (χ1) is 10.7. The molecule has 4 aliphatic rings. The Labute approximate surface area is 131 Å². The summed E-state index contributed by atoms with van der Waals surface area (Å²) in [5.74, 6) is 2.68. The number of carbonyl (C=O) groups is 2. The third kappa shape index (κ3) is 2.49. The molecule has 0 saturated heterocycles. The van der Waals surface area contributed by atoms with E-state index in [0.29, 0.717) is 18.7 Å². The maximum Gasteiger partial charge on any atom is 0.222 e. The van der Waals surface area contributed by atoms with Gasteiger partial charge in [-0.25, -0.2) is 0 Å². The summed E-state index contributed by atoms with van der Waals surface area (Å²) >= 11 is 0. The number of hydrogen-bond acceptors (Lipinski definition) is 2. The van der Waals surface area contributed by atoms with E-state index in [1.54, 1.807) is 6.07 Å². The Morgan fingerprint density at radius 3 is 2.45 bits per heavy atom. The highest BCUT2D eigenvalue weighted by Gasteiger charge is 2.51. The van der Waals surface area contributed by atoms with Crippen molar-refractivity contribution in [2.24, 2.45) is 17.8 Å². The topological polar surface area (TPSA) is 51.1 Å². The summed E-state index contributed by atoms with van der Waals surface area (Å²) in [4.78, 5) is 23.3. The third-order valence-corrected chi connectivity index (χ3v) is 6.01. The van der Waals surface area contributed by atoms with Crippen LogP contribution >= 0.6 is 0 Å². The van der Waals surface area contributed by atoms with Crippen LogP contribution in [0, 0.1) is 17.8 Å². The van der Waals surface area contributed by atoms with E-state index in [1.165, 1.54) is 38.5 Å². The zero-order chi connectivity index (χ0) is 15.2. The van der Waals surface area contributed by atoms with E-state index < -0.39 is 0 Å². The highest BCUT2D eigenvalue weighted by atomic mass is 16.1. The van der Waals surface area contributed by atoms with Gasteiger partial charge in [-0.2, -0.15) is 0 Å². The monoisotopic (exact) mass is 300 g/mol. The van der Waals surface area contributed by atoms with Gasteiger partial charge in [0.05, 0.1) is 5.69 Å². The first kappa shape index (κ1) is 14.0. The Hall–Kier alpha value is -1.58. The van der Waals surface area contributed by atoms with E-state index in [0.717, 1.165) is 24.0 Å². The molecule has 0 atom stereocenters. The smallest absolute Gasteiger partial charge is 0.222 e. The van der Waals surface area contributed by atoms with Crippen LogP contribution in [-0.2, 0) is 11.3 Å². The lowest BCUT2D eigenvalue weighted by Gasteiger charge is -2.56. The van der Waals surface area contributed by atoms with Crippen molar-refractivity contribution in [1.82, 2.24) is 9.88 Å². The summed E-state index contributed by atoms with van der Waals surface area (Å²) in [7, 11) is 0. The maximum absolute atomic E-state index is 12.4. The van der Waals surface area contributed by atoms with Gasteiger partial charge >= 0.3 is 0 Å². The molecular weight excluding hydrogens is 276 g/mol. The average Bonchev–Trinajstić information content (AvgIpc) is 2.90. The second-order valence-electron chi connectivity index (χ2n) is 7.74. The molecule has 4 fully saturated rings. The van der Waals surface area contributed by atoms with Crippen LogP contribution in [0.15, 0.2) is 18.3 Å². The molecule has 1 heterocycles. The normalized spacial score (nSPS) is 35.5. The van der Waals surface area contributed by atoms with Crippen molar-refractivity contribution in [3.8, 4) is 0 Å². The molecule has 0 spiro atoms. The van der Waals surface area contributed by atoms with Gasteiger partial charge in [-0.05, 0) is 68.4 Å². The van der Waals surface area contributed by atoms with Gasteiger partial charge in [0.2, 0.25) is 5.91 Å². The van der Waals surface area contributed by atoms with Crippen LogP contribution in [0.25, 0.3) is 0 Å². The quantitative estimate of drug-likeness (QED) is 0.850. The van der Waals surface area contributed by atoms with Gasteiger partial charge < -0.3 is 9.88 Å². The Kier molecular flexibility index (Phi) is 3.35. The van der Waals surface area contributed by atoms with Gasteiger partial charge in [0.25, 0.3) is 0 Å². The van der Waals surface area contributed by atoms with E-state index in [1.807, 2.05) is 16.8 Å². The van der Waals surface area contributed by atoms with Crippen LogP contribution in [0.5, 0.6) is 0 Å². The molecule has 1 aromatic rings. The minimum absolute atomic E-state index is 0.0933. The Bertz CT molecular complexity index is 554. The Balaban J connectivity index is 1.37. The number of aldehydes is 1. The first-order valence-electron chi connectivity index (χ1n) is 8.57. The number of aryl methyl sites for hydroxylation is 1. The largest absolute Gasteiger partial charge is 0.351 e. The van der Waals surface area contributed by atoms with Crippen molar-refractivity contribution in [3.63, 3.8) is 0 Å². The molecule has 4 nitrogen and oxygen atoms in total. The molecule has 4 aliphatic carbocycles. The number of nitrogens with zero attached hydrogens (tertiary/aromatic N) is 1. The summed E-state index contributed by atoms with van der Waals surface area (Å²) in [5.41, 5.74) is 0.735. The van der Waals surface area contributed by atoms with Gasteiger partial charge in [-0.3, -0.25) is 9.59 Å². The lowest BCUT2D eigenvalue weighted by atomic mass is 9.53. The predicted octanol–water partition coefficient (Wildman–Crippen LogP) is 2.78. The summed E-state index contributed by atoms with van der Waals surface area (Å²) < 4.78 is 1.85. The van der Waals surface area contributed by atoms with E-state index >= 15 is 0 Å². The lowest BCUT2D eigenvalue weighted by molar-refractivity contribution is -0.127. The molecule has 0 radical (unpaired) electrons. The van der Waals surface area contributed by atoms with Crippen molar-refractivity contribution >= 4 is 12.2 Å². The second-order valence-corrected chi connectivity index (χ2v) is 7.74. The number of rotatable bonds is 5. The van der Waals surface area contributed by atoms with E-state index in [2.05, 4.69) is 5.32 Å². The highest BCUT2D eigenvalue weighted by molar-refractivity contribution is 5.77. The van der Waals surface area contributed by atoms with Crippen molar-refractivity contribution in [3.05, 3.63) is 24.0 Å². The SMILES string of the molecule is O=Cc1cccn1CCC(=O)NC12CC3CC(CC(C3)C1)C2. The lowest BCUT2D eigenvalue weighted by Crippen LogP contribution is -2.59. The van der Waals surface area contributed by atoms with Gasteiger partial charge in [-0.1, -0.05) is 0 Å². The number of amides is 1. The van der Waals surface area contributed by atoms with Crippen molar-refractivity contribution in [2.45, 2.75) is 57.0 Å². The molecule has 1 amide bonds. The van der Waals surface area contributed by atoms with Gasteiger partial charge in [0, 0.05) is 24.7 Å². The molecule has 0 aromatic carbocycles. The summed E-state index contributed by atoms with van der Waals surface area (Å²) in [6, 6.07) is 3.63. The van der Waals surface area contributed by atoms with Gasteiger partial charge in [0.1, 0.15) is 0 Å². The van der Waals surface area contributed by atoms with E-state index in [4.69, 9.17) is 0 Å². The fourth-order valence-corrected chi connectivity index (χ4v) is 5.58. The van der Waals surface area contributed by atoms with Crippen LogP contribution < -0.4 is 5.32 Å². The van der Waals surface area contributed by atoms with Crippen LogP contribution in [0.2, 0.25) is 0 Å². The number of carbonyl (C=O) groups excluding carboxylic acids is 2. The molecule has 22 heavy (non-hydrogen) atoms. The van der Waals surface area contributed by atoms with E-state index in [9.17, 15) is 9.59 Å². The molecule has 1 N–H and O–H groups in total. The molecule has 0 aliphatic heterocycles. The fraction of sp³-hybridized carbons (Fsp3) is 0.667. The summed E-state index contributed by atoms with van der Waals surface area (Å²) in [6.45, 7) is 0.583. The third-order valence-electron chi connectivity index (χ3n) is 6.01. The number of aromatic nitrogens is 1. The maximum atomic E-state index is 12.4. The molecule has 5 rings (SSSR count). The average molecular weight is 300 g/mol. The van der Waals surface area contributed by atoms with Crippen molar-refractivity contribution < 1.29 is 9.59 Å². The van der Waals surface area contributed by atoms with Gasteiger partial charge in [0.15, 0.2) is 6.29 Å². The fourth-order valence-electron chi connectivity index (χ4n) is 5.58. The van der Waals surface area contributed by atoms with Crippen molar-refractivity contribution in [1.29, 1.82) is 0 Å². The van der Waals surface area contributed by atoms with Crippen LogP contribution in [0.3, 0.4) is 0 Å². The molecular formula is C18H24N2O2. The Morgan fingerprint density at radius 1 is 1.23 bits per heavy atom. The first-order valence-corrected chi connectivity index (χ1v) is 8.57. The number of hydrogen-bond donors (Lipinski definition) is 1. The molecule has 118 valence electrons. The van der Waals surface area contributed by atoms with E-state index in [-0.39, 0.29) is 11.4 Å². The van der Waals surface area contributed by atoms with Crippen molar-refractivity contribution in [2.75, 3.05) is 0 Å². The zero-order valence-corrected chi connectivity index (χ0v) is 13.0. The summed E-state index contributed by atoms with van der Waals surface area (Å²) in [6.07, 6.45) is 10.9. The molecule has 1 aromatic heterocycles. The minimum atomic E-state index is 0.0933. The molecule has 4 bridgehead atoms. The van der Waals surface area contributed by atoms with Crippen LogP contribution in [0.1, 0.15) is 55.4 Å². The summed E-state index contributed by atoms with van der Waals surface area (Å²) in [5, 5.41) is 3.38. The molecule has 0 unspecified atom stereocenters. The van der Waals surface area contributed by atoms with Gasteiger partial charge in [-0.15, -0.1) is 0 Å². The zero-order valence-electron chi connectivity index (χ0n) is 13.0. The Morgan fingerprint density at radius 2 is 1.86 bits per heavy atom. The molecule has 4 heteroatoms. The molecule has 4 saturated carbocycles. The standard InChI is InChI=1S/C18H24N2O2/c21-12-16-2-1-4-20(16)5-3-17(22)19-18-9-13-6-14(10-18)8-15(7-13)11-18/h1-2,4,12-15H,3,5-11H2,(H,19,22). The highest BCUT2D eigenvalue weighted by Crippen LogP contribution is 2.55. The minimum Gasteiger partial charge on any atom is -0.351 e. The van der Waals surface area contributed by atoms with Crippen LogP contribution in [-0.4, -0.2) is 22.3 Å². The predicted molar refractivity (Wildman–Crippen MR) is 83.5 cm³/mol. The van der Waals surface area contributed by atoms with Crippen LogP contribution in [0.4, 0.5) is 0 Å². The number of nitrogens with one attached hydrogen (secondary N) is 1.